The molecule has 0 unspecified atom stereocenters. The quantitative estimate of drug-likeness (QED) is 0.0465. The summed E-state index contributed by atoms with van der Waals surface area (Å²) in [4.78, 5) is 12.1. The first-order valence-corrected chi connectivity index (χ1v) is 27.7. The number of rotatable bonds is 16. The molecule has 9 aromatic rings. The Kier molecular flexibility index (Phi) is 18.7. The van der Waals surface area contributed by atoms with Crippen LogP contribution in [0.2, 0.25) is 0 Å². The molecule has 6 N–H and O–H groups in total. The lowest BCUT2D eigenvalue weighted by atomic mass is 9.88. The number of hydrogen-bond donors (Lipinski definition) is 5. The van der Waals surface area contributed by atoms with Gasteiger partial charge in [-0.2, -0.15) is 26.3 Å². The largest absolute Gasteiger partial charge is 0.490 e. The van der Waals surface area contributed by atoms with Crippen LogP contribution in [-0.2, 0) is 38.6 Å². The lowest BCUT2D eigenvalue weighted by Crippen LogP contribution is -2.46. The maximum absolute atomic E-state index is 14.6. The van der Waals surface area contributed by atoms with E-state index in [1.807, 2.05) is 6.07 Å². The number of ether oxygens (including phenoxy) is 3. The van der Waals surface area contributed by atoms with Crippen LogP contribution in [0.15, 0.2) is 134 Å². The van der Waals surface area contributed by atoms with E-state index in [1.165, 1.54) is 36.4 Å². The predicted octanol–water partition coefficient (Wildman–Crippen LogP) is 14.1. The molecule has 3 heterocycles. The Morgan fingerprint density at radius 3 is 1.33 bits per heavy atom. The number of halogens is 12. The zero-order valence-electron chi connectivity index (χ0n) is 46.4. The molecule has 0 saturated heterocycles. The molecule has 23 heteroatoms. The van der Waals surface area contributed by atoms with Crippen molar-refractivity contribution in [3.8, 4) is 17.2 Å². The molecule has 0 atom stereocenters. The topological polar surface area (TPSA) is 149 Å². The second-order valence-electron chi connectivity index (χ2n) is 21.6. The minimum atomic E-state index is -4.79. The number of anilines is 1. The van der Waals surface area contributed by atoms with E-state index in [2.05, 4.69) is 30.9 Å². The molecule has 3 fully saturated rings. The number of benzene rings is 6. The van der Waals surface area contributed by atoms with Crippen LogP contribution < -0.4 is 35.9 Å². The van der Waals surface area contributed by atoms with Crippen LogP contribution in [0.1, 0.15) is 77.5 Å². The summed E-state index contributed by atoms with van der Waals surface area (Å²) < 4.78 is 177. The summed E-state index contributed by atoms with van der Waals surface area (Å²) in [7, 11) is 0. The van der Waals surface area contributed by atoms with Crippen LogP contribution in [0.5, 0.6) is 17.2 Å². The number of aryl methyl sites for hydroxylation is 1. The zero-order chi connectivity index (χ0) is 61.7. The average Bonchev–Trinajstić information content (AvgIpc) is 3.58. The lowest BCUT2D eigenvalue weighted by molar-refractivity contribution is -0.141. The molecule has 3 saturated carbocycles. The minimum absolute atomic E-state index is 0.00124. The number of aliphatic hydroxyl groups is 1. The van der Waals surface area contributed by atoms with Crippen molar-refractivity contribution in [2.45, 2.75) is 120 Å². The van der Waals surface area contributed by atoms with E-state index in [9.17, 15) is 57.8 Å². The SMILES string of the molecule is Cc1cc(OC2CC(NCc3c(F)ccc4cnccc34)C2)ccc1F.Nc1cc(F)c(CNC2CC(Oc3ccc(F)c(C(F)(F)F)c3)C2)c2ccncc12.OCc1cc(F)c(CNC2CC(Oc3ccc(F)c(C(F)(F)F)c3)C2)c2ccncc12. The molecule has 456 valence electrons. The van der Waals surface area contributed by atoms with Crippen molar-refractivity contribution in [1.29, 1.82) is 0 Å². The summed E-state index contributed by atoms with van der Waals surface area (Å²) in [5.41, 5.74) is 6.08. The van der Waals surface area contributed by atoms with Crippen LogP contribution in [0.25, 0.3) is 32.3 Å². The molecule has 87 heavy (non-hydrogen) atoms. The van der Waals surface area contributed by atoms with E-state index in [4.69, 9.17) is 19.9 Å². The van der Waals surface area contributed by atoms with Crippen LogP contribution in [0.3, 0.4) is 0 Å². The van der Waals surface area contributed by atoms with Crippen molar-refractivity contribution in [2.75, 3.05) is 5.73 Å². The highest BCUT2D eigenvalue weighted by atomic mass is 19.4. The predicted molar refractivity (Wildman–Crippen MR) is 302 cm³/mol. The lowest BCUT2D eigenvalue weighted by Gasteiger charge is -2.36. The van der Waals surface area contributed by atoms with Gasteiger partial charge in [0.25, 0.3) is 0 Å². The van der Waals surface area contributed by atoms with Gasteiger partial charge in [-0.15, -0.1) is 0 Å². The molecule has 0 amide bonds. The Labute approximate surface area is 490 Å². The number of aromatic nitrogens is 3. The number of nitrogen functional groups attached to an aromatic ring is 1. The summed E-state index contributed by atoms with van der Waals surface area (Å²) in [6, 6.07) is 21.3. The second kappa shape index (κ2) is 26.4. The monoisotopic (exact) mass is 1220 g/mol. The van der Waals surface area contributed by atoms with Crippen molar-refractivity contribution in [2.24, 2.45) is 0 Å². The van der Waals surface area contributed by atoms with E-state index in [-0.39, 0.29) is 79.3 Å². The van der Waals surface area contributed by atoms with Gasteiger partial charge >= 0.3 is 12.4 Å². The van der Waals surface area contributed by atoms with E-state index >= 15 is 0 Å². The molecule has 0 spiro atoms. The number of nitrogens with one attached hydrogen (secondary N) is 3. The molecule has 3 aliphatic carbocycles. The molecule has 3 aromatic heterocycles. The molecule has 0 bridgehead atoms. The molecule has 0 aliphatic heterocycles. The number of fused-ring (bicyclic) bond motifs is 3. The normalized spacial score (nSPS) is 19.0. The fourth-order valence-corrected chi connectivity index (χ4v) is 10.6. The summed E-state index contributed by atoms with van der Waals surface area (Å²) in [6.07, 6.45) is 3.45. The Bertz CT molecular complexity index is 3910. The van der Waals surface area contributed by atoms with Gasteiger partial charge < -0.3 is 41.0 Å². The molecule has 11 nitrogen and oxygen atoms in total. The maximum atomic E-state index is 14.6. The Balaban J connectivity index is 0.000000145. The number of nitrogens with zero attached hydrogens (tertiary/aromatic N) is 3. The highest BCUT2D eigenvalue weighted by Crippen LogP contribution is 2.38. The van der Waals surface area contributed by atoms with Crippen molar-refractivity contribution in [1.82, 2.24) is 30.9 Å². The van der Waals surface area contributed by atoms with Crippen LogP contribution in [-0.4, -0.2) is 56.5 Å². The third-order valence-corrected chi connectivity index (χ3v) is 15.7. The standard InChI is InChI=1S/C22H19F5N2O2.C21H18F5N3O.C21H20F2N2O/c23-20-2-1-14(8-19(20)22(25,26)27)31-15-6-13(7-15)29-10-18-16-3-4-28-9-17(16)12(11-30)5-21(18)24;22-18-2-1-12(7-17(18)21(24,25)26)30-13-5-11(6-13)29-10-15-14-3-4-28-9-16(14)20(27)8-19(15)23;1-13-8-16(3-5-20(13)22)26-17-9-15(10-17)25-12-19-18-6-7-24-11-14(18)2-4-21(19)23/h1-5,8-9,13,15,29-30H,6-7,10-11H2;1-4,7-9,11,13,29H,5-6,10,27H2;2-8,11,15,17,25H,9-10,12H2,1H3. The van der Waals surface area contributed by atoms with Gasteiger partial charge in [0.05, 0.1) is 17.7 Å². The zero-order valence-corrected chi connectivity index (χ0v) is 46.4. The molecule has 6 aromatic carbocycles. The second-order valence-corrected chi connectivity index (χ2v) is 21.6. The van der Waals surface area contributed by atoms with Crippen molar-refractivity contribution < 1.29 is 72.0 Å². The number of pyridine rings is 3. The highest BCUT2D eigenvalue weighted by molar-refractivity contribution is 5.94. The molecule has 12 rings (SSSR count). The van der Waals surface area contributed by atoms with Gasteiger partial charge in [-0.25, -0.2) is 26.3 Å². The Morgan fingerprint density at radius 1 is 0.460 bits per heavy atom. The molecular formula is C64H57F12N7O4. The molecular weight excluding hydrogens is 1160 g/mol. The minimum Gasteiger partial charge on any atom is -0.490 e. The summed E-state index contributed by atoms with van der Waals surface area (Å²) >= 11 is 0. The number of alkyl halides is 6. The van der Waals surface area contributed by atoms with Crippen LogP contribution >= 0.6 is 0 Å². The summed E-state index contributed by atoms with van der Waals surface area (Å²) in [5, 5.41) is 23.8. The van der Waals surface area contributed by atoms with Crippen LogP contribution in [0.4, 0.5) is 58.4 Å². The van der Waals surface area contributed by atoms with Gasteiger partial charge in [0.2, 0.25) is 0 Å². The third-order valence-electron chi connectivity index (χ3n) is 15.7. The fourth-order valence-electron chi connectivity index (χ4n) is 10.6. The van der Waals surface area contributed by atoms with E-state index < -0.39 is 46.7 Å². The first-order valence-electron chi connectivity index (χ1n) is 27.7. The maximum Gasteiger partial charge on any atom is 0.419 e. The van der Waals surface area contributed by atoms with Gasteiger partial charge in [-0.05, 0) is 170 Å². The average molecular weight is 1220 g/mol. The van der Waals surface area contributed by atoms with Crippen molar-refractivity contribution in [3.63, 3.8) is 0 Å². The number of nitrogens with two attached hydrogens (primary N) is 1. The summed E-state index contributed by atoms with van der Waals surface area (Å²) in [6.45, 7) is 2.40. The van der Waals surface area contributed by atoms with E-state index in [1.54, 1.807) is 74.4 Å². The van der Waals surface area contributed by atoms with Gasteiger partial charge in [0.1, 0.15) is 70.5 Å². The van der Waals surface area contributed by atoms with Gasteiger partial charge in [0, 0.05) is 113 Å². The Morgan fingerprint density at radius 2 is 0.862 bits per heavy atom. The number of hydrogen-bond acceptors (Lipinski definition) is 11. The van der Waals surface area contributed by atoms with Gasteiger partial charge in [-0.1, -0.05) is 0 Å². The van der Waals surface area contributed by atoms with Crippen LogP contribution in [0, 0.1) is 41.8 Å². The fraction of sp³-hybridized carbons (Fsp3) is 0.297. The van der Waals surface area contributed by atoms with E-state index in [0.29, 0.717) is 105 Å². The van der Waals surface area contributed by atoms with Gasteiger partial charge in [-0.3, -0.25) is 15.0 Å². The van der Waals surface area contributed by atoms with Crippen molar-refractivity contribution in [3.05, 3.63) is 208 Å². The number of aliphatic hydroxyl groups excluding tert-OH is 1. The first kappa shape index (κ1) is 61.8. The molecule has 0 radical (unpaired) electrons. The smallest absolute Gasteiger partial charge is 0.419 e. The van der Waals surface area contributed by atoms with Crippen molar-refractivity contribution >= 4 is 38.0 Å². The third kappa shape index (κ3) is 14.8. The van der Waals surface area contributed by atoms with E-state index in [0.717, 1.165) is 35.7 Å². The molecule has 3 aliphatic rings. The summed E-state index contributed by atoms with van der Waals surface area (Å²) in [5.74, 6) is -3.34. The van der Waals surface area contributed by atoms with Gasteiger partial charge in [0.15, 0.2) is 0 Å². The highest BCUT2D eigenvalue weighted by Gasteiger charge is 2.38. The first-order chi connectivity index (χ1) is 41.6. The Hall–Kier alpha value is -8.25.